The highest BCUT2D eigenvalue weighted by molar-refractivity contribution is 5.84. The lowest BCUT2D eigenvalue weighted by molar-refractivity contribution is -0.250. The molecule has 0 aromatic heterocycles. The highest BCUT2D eigenvalue weighted by atomic mass is 16.7. The second-order valence-corrected chi connectivity index (χ2v) is 8.14. The minimum absolute atomic E-state index is 0.254. The van der Waals surface area contributed by atoms with Crippen LogP contribution in [0.2, 0.25) is 0 Å². The van der Waals surface area contributed by atoms with Gasteiger partial charge in [-0.2, -0.15) is 0 Å². The first-order valence-electron chi connectivity index (χ1n) is 9.40. The summed E-state index contributed by atoms with van der Waals surface area (Å²) in [5, 5.41) is 10.5. The summed E-state index contributed by atoms with van der Waals surface area (Å²) in [6.07, 6.45) is 5.43. The largest absolute Gasteiger partial charge is 0.497 e. The van der Waals surface area contributed by atoms with E-state index in [0.29, 0.717) is 25.9 Å². The zero-order valence-electron chi connectivity index (χ0n) is 15.9. The summed E-state index contributed by atoms with van der Waals surface area (Å²) in [7, 11) is 1.62. The van der Waals surface area contributed by atoms with Crippen molar-refractivity contribution in [1.82, 2.24) is 0 Å². The number of hydrogen-bond acceptors (Lipinski definition) is 5. The van der Waals surface area contributed by atoms with Crippen LogP contribution in [0, 0.1) is 10.8 Å². The van der Waals surface area contributed by atoms with Crippen LogP contribution >= 0.6 is 0 Å². The van der Waals surface area contributed by atoms with Gasteiger partial charge in [-0.1, -0.05) is 43.4 Å². The fourth-order valence-electron chi connectivity index (χ4n) is 4.96. The topological polar surface area (TPSA) is 65.0 Å². The second kappa shape index (κ2) is 6.21. The summed E-state index contributed by atoms with van der Waals surface area (Å²) in [6.45, 7) is 6.31. The molecule has 0 bridgehead atoms. The maximum atomic E-state index is 13.0. The molecule has 1 saturated heterocycles. The lowest BCUT2D eigenvalue weighted by Crippen LogP contribution is -2.48. The summed E-state index contributed by atoms with van der Waals surface area (Å²) >= 11 is 0. The van der Waals surface area contributed by atoms with Gasteiger partial charge in [-0.05, 0) is 37.0 Å². The Morgan fingerprint density at radius 3 is 2.67 bits per heavy atom. The Balaban J connectivity index is 1.64. The number of methoxy groups -OCH3 is 1. The van der Waals surface area contributed by atoms with E-state index in [1.807, 2.05) is 43.3 Å². The van der Waals surface area contributed by atoms with Gasteiger partial charge in [-0.15, -0.1) is 0 Å². The van der Waals surface area contributed by atoms with E-state index in [-0.39, 0.29) is 5.97 Å². The molecule has 1 heterocycles. The van der Waals surface area contributed by atoms with Crippen LogP contribution < -0.4 is 4.74 Å². The molecule has 4 rings (SSSR count). The smallest absolute Gasteiger partial charge is 0.319 e. The fraction of sp³-hybridized carbons (Fsp3) is 0.500. The lowest BCUT2D eigenvalue weighted by atomic mass is 9.59. The molecule has 27 heavy (non-hydrogen) atoms. The van der Waals surface area contributed by atoms with Crippen molar-refractivity contribution < 1.29 is 24.1 Å². The summed E-state index contributed by atoms with van der Waals surface area (Å²) in [4.78, 5) is 13.0. The first-order chi connectivity index (χ1) is 12.8. The van der Waals surface area contributed by atoms with Crippen molar-refractivity contribution in [3.8, 4) is 5.75 Å². The molecule has 3 aliphatic rings. The number of benzene rings is 1. The van der Waals surface area contributed by atoms with Gasteiger partial charge in [0.1, 0.15) is 5.75 Å². The molecule has 1 aliphatic heterocycles. The van der Waals surface area contributed by atoms with Gasteiger partial charge >= 0.3 is 5.97 Å². The van der Waals surface area contributed by atoms with E-state index < -0.39 is 22.7 Å². The van der Waals surface area contributed by atoms with E-state index in [1.165, 1.54) is 0 Å². The van der Waals surface area contributed by atoms with Gasteiger partial charge in [-0.3, -0.25) is 4.79 Å². The lowest BCUT2D eigenvalue weighted by Gasteiger charge is -2.43. The van der Waals surface area contributed by atoms with Gasteiger partial charge in [0, 0.05) is 6.42 Å². The Labute approximate surface area is 159 Å². The number of carbonyl (C=O) groups is 1. The standard InChI is InChI=1S/C22H26O5/c1-15-8-10-21(11-9-15)19(24)27-22(13-17(23)12-20(21,22)2)26-14-16-4-6-18(25-3)7-5-16/h4-8,10,17,23H,1,9,11-14H2,2-3H3/t17-,20-,21-,22-/m1/s1. The average molecular weight is 370 g/mol. The summed E-state index contributed by atoms with van der Waals surface area (Å²) in [5.41, 5.74) is 0.567. The van der Waals surface area contributed by atoms with Crippen LogP contribution in [-0.2, 0) is 20.9 Å². The van der Waals surface area contributed by atoms with E-state index in [1.54, 1.807) is 7.11 Å². The van der Waals surface area contributed by atoms with Crippen molar-refractivity contribution in [3.63, 3.8) is 0 Å². The first kappa shape index (κ1) is 18.3. The van der Waals surface area contributed by atoms with Crippen LogP contribution in [0.25, 0.3) is 0 Å². The minimum atomic E-state index is -1.12. The van der Waals surface area contributed by atoms with Crippen LogP contribution in [0.15, 0.2) is 48.6 Å². The SMILES string of the molecule is C=C1C=C[C@@]2(CC1)C(=O)O[C@]1(OCc3ccc(OC)cc3)C[C@H](O)C[C@@]12C. The summed E-state index contributed by atoms with van der Waals surface area (Å²) < 4.78 is 17.4. The predicted molar refractivity (Wildman–Crippen MR) is 99.9 cm³/mol. The number of esters is 1. The van der Waals surface area contributed by atoms with Crippen LogP contribution in [0.3, 0.4) is 0 Å². The molecule has 2 fully saturated rings. The zero-order valence-corrected chi connectivity index (χ0v) is 15.9. The number of ether oxygens (including phenoxy) is 3. The second-order valence-electron chi connectivity index (χ2n) is 8.14. The van der Waals surface area contributed by atoms with Gasteiger partial charge in [0.15, 0.2) is 0 Å². The number of aliphatic hydroxyl groups excluding tert-OH is 1. The van der Waals surface area contributed by atoms with E-state index in [4.69, 9.17) is 14.2 Å². The predicted octanol–water partition coefficient (Wildman–Crippen LogP) is 3.52. The third-order valence-corrected chi connectivity index (χ3v) is 6.67. The van der Waals surface area contributed by atoms with Crippen LogP contribution in [0.4, 0.5) is 0 Å². The first-order valence-corrected chi connectivity index (χ1v) is 9.40. The van der Waals surface area contributed by atoms with Crippen molar-refractivity contribution in [3.05, 3.63) is 54.1 Å². The fourth-order valence-corrected chi connectivity index (χ4v) is 4.96. The van der Waals surface area contributed by atoms with Crippen molar-refractivity contribution in [1.29, 1.82) is 0 Å². The van der Waals surface area contributed by atoms with E-state index in [2.05, 4.69) is 6.58 Å². The normalized spacial score (nSPS) is 37.5. The number of fused-ring (bicyclic) bond motifs is 2. The number of hydrogen-bond donors (Lipinski definition) is 1. The zero-order chi connectivity index (χ0) is 19.3. The summed E-state index contributed by atoms with van der Waals surface area (Å²) in [5.74, 6) is -0.598. The van der Waals surface area contributed by atoms with Crippen LogP contribution in [-0.4, -0.2) is 30.1 Å². The molecule has 1 spiro atoms. The number of carbonyl (C=O) groups excluding carboxylic acids is 1. The molecule has 1 N–H and O–H groups in total. The van der Waals surface area contributed by atoms with Crippen LogP contribution in [0.5, 0.6) is 5.75 Å². The number of aliphatic hydroxyl groups is 1. The molecule has 1 aromatic rings. The molecule has 0 unspecified atom stereocenters. The average Bonchev–Trinajstić information content (AvgIpc) is 3.00. The van der Waals surface area contributed by atoms with E-state index >= 15 is 0 Å². The van der Waals surface area contributed by atoms with Crippen molar-refractivity contribution >= 4 is 5.97 Å². The van der Waals surface area contributed by atoms with E-state index in [9.17, 15) is 9.90 Å². The molecule has 5 nitrogen and oxygen atoms in total. The van der Waals surface area contributed by atoms with Crippen molar-refractivity contribution in [2.75, 3.05) is 7.11 Å². The Bertz CT molecular complexity index is 797. The monoisotopic (exact) mass is 370 g/mol. The molecular formula is C22H26O5. The van der Waals surface area contributed by atoms with Crippen LogP contribution in [0.1, 0.15) is 38.2 Å². The Morgan fingerprint density at radius 1 is 1.30 bits per heavy atom. The van der Waals surface area contributed by atoms with Crippen molar-refractivity contribution in [2.45, 2.75) is 51.1 Å². The molecule has 0 radical (unpaired) electrons. The summed E-state index contributed by atoms with van der Waals surface area (Å²) in [6, 6.07) is 7.60. The number of allylic oxidation sites excluding steroid dienone is 2. The van der Waals surface area contributed by atoms with Gasteiger partial charge in [0.2, 0.25) is 5.79 Å². The minimum Gasteiger partial charge on any atom is -0.497 e. The van der Waals surface area contributed by atoms with Gasteiger partial charge in [-0.25, -0.2) is 0 Å². The molecule has 1 saturated carbocycles. The molecule has 2 aliphatic carbocycles. The third-order valence-electron chi connectivity index (χ3n) is 6.67. The molecular weight excluding hydrogens is 344 g/mol. The van der Waals surface area contributed by atoms with Gasteiger partial charge in [0.05, 0.1) is 30.7 Å². The molecule has 4 atom stereocenters. The van der Waals surface area contributed by atoms with Crippen molar-refractivity contribution in [2.24, 2.45) is 10.8 Å². The Hall–Kier alpha value is -2.11. The molecule has 5 heteroatoms. The Morgan fingerprint density at radius 2 is 2.04 bits per heavy atom. The molecule has 144 valence electrons. The van der Waals surface area contributed by atoms with E-state index in [0.717, 1.165) is 23.3 Å². The highest BCUT2D eigenvalue weighted by Crippen LogP contribution is 2.67. The quantitative estimate of drug-likeness (QED) is 0.822. The number of rotatable bonds is 4. The highest BCUT2D eigenvalue weighted by Gasteiger charge is 2.75. The van der Waals surface area contributed by atoms with Gasteiger partial charge in [0.25, 0.3) is 0 Å². The maximum Gasteiger partial charge on any atom is 0.319 e. The molecule has 0 amide bonds. The van der Waals surface area contributed by atoms with Gasteiger partial charge < -0.3 is 19.3 Å². The third kappa shape index (κ3) is 2.56. The Kier molecular flexibility index (Phi) is 4.20. The molecule has 1 aromatic carbocycles. The maximum absolute atomic E-state index is 13.0.